The number of alkyl halides is 3. The minimum absolute atomic E-state index is 0.00911. The maximum absolute atomic E-state index is 14.5. The van der Waals surface area contributed by atoms with Gasteiger partial charge in [0.15, 0.2) is 0 Å². The van der Waals surface area contributed by atoms with Crippen LogP contribution in [0.5, 0.6) is 0 Å². The van der Waals surface area contributed by atoms with Crippen molar-refractivity contribution in [2.45, 2.75) is 185 Å². The Balaban J connectivity index is 2.36. The van der Waals surface area contributed by atoms with Crippen LogP contribution in [0.2, 0.25) is 0 Å². The Bertz CT molecular complexity index is 1510. The molecule has 1 unspecified atom stereocenters. The molecule has 0 saturated carbocycles. The number of aliphatic hydroxyl groups excluding tert-OH is 1. The number of aliphatic hydroxyl groups is 2. The van der Waals surface area contributed by atoms with Crippen molar-refractivity contribution in [3.63, 3.8) is 0 Å². The Morgan fingerprint density at radius 1 is 0.950 bits per heavy atom. The zero-order chi connectivity index (χ0) is 46.0. The fraction of sp³-hybridized carbons (Fsp3) is 0.905. The first-order valence-corrected chi connectivity index (χ1v) is 22.9. The number of rotatable bonds is 8. The number of halogens is 3. The zero-order valence-electron chi connectivity index (χ0n) is 38.0. The number of nitrogens with zero attached hydrogens (tertiary/aromatic N) is 1. The average molecular weight is 953 g/mol. The number of methoxy groups -OCH3 is 1. The van der Waals surface area contributed by atoms with Gasteiger partial charge in [0.1, 0.15) is 0 Å². The fourth-order valence-electron chi connectivity index (χ4n) is 9.40. The van der Waals surface area contributed by atoms with Gasteiger partial charge in [0.05, 0.1) is 0 Å². The molecule has 3 N–H and O–H groups in total. The van der Waals surface area contributed by atoms with Crippen LogP contribution in [0.1, 0.15) is 109 Å². The molecule has 3 rings (SSSR count). The first-order chi connectivity index (χ1) is 27.4. The Labute approximate surface area is 381 Å². The van der Waals surface area contributed by atoms with Crippen molar-refractivity contribution in [2.75, 3.05) is 21.2 Å². The van der Waals surface area contributed by atoms with Crippen LogP contribution in [-0.2, 0) is 59.7 Å². The Hall–Kier alpha value is -0.586. The van der Waals surface area contributed by atoms with Crippen molar-refractivity contribution in [2.24, 2.45) is 35.5 Å². The average Bonchev–Trinajstić information content (AvgIpc) is 3.15. The third-order valence-electron chi connectivity index (χ3n) is 13.6. The molecular weight excluding hydrogens is 882 g/mol. The normalized spacial score (nSPS) is 44.1. The molecule has 0 aromatic carbocycles. The zero-order valence-corrected chi connectivity index (χ0v) is 41.7. The molecule has 60 heavy (non-hydrogen) atoms. The number of esters is 1. The van der Waals surface area contributed by atoms with E-state index in [0.29, 0.717) is 10.6 Å². The molecule has 0 bridgehead atoms. The summed E-state index contributed by atoms with van der Waals surface area (Å²) in [6.45, 7) is 22.0. The number of ether oxygens (including phenoxy) is 7. The molecule has 18 heteroatoms. The summed E-state index contributed by atoms with van der Waals surface area (Å²) in [5, 5.41) is 25.7. The van der Waals surface area contributed by atoms with Crippen molar-refractivity contribution in [3.05, 3.63) is 0 Å². The summed E-state index contributed by atoms with van der Waals surface area (Å²) in [4.78, 5) is 43.3. The van der Waals surface area contributed by atoms with E-state index in [0.717, 1.165) is 6.42 Å². The first-order valence-electron chi connectivity index (χ1n) is 21.1. The number of carbonyl (C=O) groups excluding carboxylic acids is 3. The van der Waals surface area contributed by atoms with Gasteiger partial charge in [0.2, 0.25) is 0 Å². The van der Waals surface area contributed by atoms with Gasteiger partial charge in [0.25, 0.3) is 0 Å². The molecule has 3 saturated heterocycles. The van der Waals surface area contributed by atoms with E-state index in [-0.39, 0.29) is 42.9 Å². The molecule has 3 fully saturated rings. The van der Waals surface area contributed by atoms with Gasteiger partial charge in [-0.3, -0.25) is 0 Å². The molecule has 3 aliphatic heterocycles. The number of imide groups is 1. The number of carbonyl (C=O) groups is 3. The van der Waals surface area contributed by atoms with Gasteiger partial charge in [-0.15, -0.1) is 0 Å². The number of hydrogen-bond donors (Lipinski definition) is 3. The van der Waals surface area contributed by atoms with Crippen LogP contribution in [0.4, 0.5) is 4.79 Å². The predicted octanol–water partition coefficient (Wildman–Crippen LogP) is 6.12. The Kier molecular flexibility index (Phi) is 18.9. The molecule has 0 aromatic rings. The van der Waals surface area contributed by atoms with Crippen LogP contribution in [-0.4, -0.2) is 134 Å². The van der Waals surface area contributed by atoms with Gasteiger partial charge in [-0.25, -0.2) is 0 Å². The fourth-order valence-corrected chi connectivity index (χ4v) is 9.90. The molecule has 0 aromatic heterocycles. The molecule has 0 radical (unpaired) electrons. The topological polar surface area (TPSA) is 172 Å². The molecule has 347 valence electrons. The van der Waals surface area contributed by atoms with Crippen molar-refractivity contribution in [1.29, 1.82) is 0 Å². The van der Waals surface area contributed by atoms with Crippen molar-refractivity contribution < 1.29 is 74.7 Å². The molecule has 0 aliphatic carbocycles. The van der Waals surface area contributed by atoms with Gasteiger partial charge in [-0.1, -0.05) is 6.92 Å². The van der Waals surface area contributed by atoms with Crippen molar-refractivity contribution in [1.82, 2.24) is 10.2 Å². The van der Waals surface area contributed by atoms with Gasteiger partial charge < -0.3 is 0 Å². The van der Waals surface area contributed by atoms with E-state index in [9.17, 15) is 24.6 Å². The van der Waals surface area contributed by atoms with Crippen molar-refractivity contribution >= 4 is 57.0 Å². The summed E-state index contributed by atoms with van der Waals surface area (Å²) in [6.07, 6.45) is -6.83. The number of amides is 2. The van der Waals surface area contributed by atoms with E-state index in [2.05, 4.69) is 21.9 Å². The molecule has 2 amide bonds. The summed E-state index contributed by atoms with van der Waals surface area (Å²) in [7, 11) is 5.62. The number of hydrogen-bond acceptors (Lipinski definition) is 13. The standard InChI is InChI=1S/C42H71Cl3N2O12.V/c1-16-30-41(12,52)33(48)22(3)17-21(2)19-40(11,59-38(51)46-37(50)42(43,44)45)34(58-36-24(5)29(47(13)14)18-23(4)54-36)25(6)32(26(7)35(49)56-30)57-31-20-39(10,53-15)27(8)28(9)55-31;/h21-34,36,48,52H,16,18-20H2,1-15H3,(H,46,50,51);/t21-,22-,23+,24+,25-,26+,27?,28-,29-,30+,31-,32-,33+,34+,36-,39+,40-,41+;/m0./s1. The van der Waals surface area contributed by atoms with Crippen LogP contribution in [0, 0.1) is 35.5 Å². The van der Waals surface area contributed by atoms with E-state index in [1.807, 2.05) is 67.9 Å². The van der Waals surface area contributed by atoms with Crippen LogP contribution >= 0.6 is 34.8 Å². The van der Waals surface area contributed by atoms with E-state index in [1.165, 1.54) is 6.92 Å². The first kappa shape index (κ1) is 53.8. The van der Waals surface area contributed by atoms with Crippen LogP contribution < -0.4 is 5.32 Å². The Morgan fingerprint density at radius 3 is 2.08 bits per heavy atom. The molecule has 14 nitrogen and oxygen atoms in total. The third-order valence-corrected chi connectivity index (χ3v) is 15.4. The second-order valence-electron chi connectivity index (χ2n) is 18.5. The Morgan fingerprint density at radius 2 is 1.55 bits per heavy atom. The van der Waals surface area contributed by atoms with Crippen LogP contribution in [0.15, 0.2) is 0 Å². The summed E-state index contributed by atoms with van der Waals surface area (Å²) in [5.74, 6) is -5.12. The van der Waals surface area contributed by atoms with Gasteiger partial charge >= 0.3 is 369 Å². The molecular formula is C42H71Cl3N2O12V. The number of nitrogens with one attached hydrogen (secondary N) is 1. The SMILES string of the molecule is CC[C@H]1OC(=O)[C@H](C)[C@@H](O[C@H]2C[C@@](C)(OC)C(C)[C@H](C)O2)[C@H](C)[C@@H](O[C@@H]2O[C@H](C)C[C@H](N(C)C)[C@H]2C)[C@@](C)(OC(=O)NC(=O)C(Cl)(Cl)Cl)C[C@@H](C)[C](=[V])[C@H](C)[C@@H](O)[C@]1(C)O. The maximum atomic E-state index is 14.5. The monoisotopic (exact) mass is 951 g/mol. The van der Waals surface area contributed by atoms with E-state index >= 15 is 0 Å². The summed E-state index contributed by atoms with van der Waals surface area (Å²) < 4.78 is 43.7. The van der Waals surface area contributed by atoms with E-state index in [1.54, 1.807) is 34.8 Å². The van der Waals surface area contributed by atoms with E-state index < -0.39 is 99.2 Å². The quantitative estimate of drug-likeness (QED) is 0.188. The molecule has 3 heterocycles. The predicted molar refractivity (Wildman–Crippen MR) is 225 cm³/mol. The van der Waals surface area contributed by atoms with Crippen LogP contribution in [0.25, 0.3) is 0 Å². The van der Waals surface area contributed by atoms with Gasteiger partial charge in [0, 0.05) is 7.11 Å². The summed E-state index contributed by atoms with van der Waals surface area (Å²) >= 11 is 20.0. The minimum atomic E-state index is -2.48. The van der Waals surface area contributed by atoms with Gasteiger partial charge in [-0.2, -0.15) is 0 Å². The number of alkyl carbamates (subject to hydrolysis) is 1. The number of cyclic esters (lactones) is 1. The molecule has 3 aliphatic rings. The summed E-state index contributed by atoms with van der Waals surface area (Å²) in [5.41, 5.74) is -4.19. The second-order valence-corrected chi connectivity index (χ2v) is 21.6. The molecule has 18 atom stereocenters. The van der Waals surface area contributed by atoms with Gasteiger partial charge in [-0.05, 0) is 0 Å². The van der Waals surface area contributed by atoms with Crippen molar-refractivity contribution in [3.8, 4) is 0 Å². The van der Waals surface area contributed by atoms with Crippen LogP contribution in [0.3, 0.4) is 0 Å². The second kappa shape index (κ2) is 21.2. The van der Waals surface area contributed by atoms with E-state index in [4.69, 9.17) is 68.0 Å². The summed E-state index contributed by atoms with van der Waals surface area (Å²) in [6, 6.07) is 0.0460. The molecule has 0 spiro atoms. The third kappa shape index (κ3) is 12.4.